The molecule has 0 aliphatic rings. The summed E-state index contributed by atoms with van der Waals surface area (Å²) in [6.45, 7) is 1.34. The number of anilines is 1. The van der Waals surface area contributed by atoms with E-state index in [1.165, 1.54) is 43.4 Å². The van der Waals surface area contributed by atoms with E-state index < -0.39 is 30.2 Å². The number of halogens is 1. The molecule has 0 saturated heterocycles. The number of nitrogens with one attached hydrogen (secondary N) is 1. The Balaban J connectivity index is 1.85. The van der Waals surface area contributed by atoms with E-state index in [9.17, 15) is 23.6 Å². The molecule has 2 aromatic rings. The number of ether oxygens (including phenoxy) is 1. The van der Waals surface area contributed by atoms with Crippen LogP contribution in [0.4, 0.5) is 10.1 Å². The lowest BCUT2D eigenvalue weighted by atomic mass is 10.3. The van der Waals surface area contributed by atoms with Gasteiger partial charge < -0.3 is 15.0 Å². The molecule has 29 heavy (non-hydrogen) atoms. The highest BCUT2D eigenvalue weighted by Crippen LogP contribution is 2.08. The van der Waals surface area contributed by atoms with Gasteiger partial charge >= 0.3 is 5.97 Å². The second kappa shape index (κ2) is 10.1. The Morgan fingerprint density at radius 1 is 1.17 bits per heavy atom. The average molecular weight is 404 g/mol. The number of benzene rings is 1. The van der Waals surface area contributed by atoms with Crippen molar-refractivity contribution in [3.63, 3.8) is 0 Å². The lowest BCUT2D eigenvalue weighted by Crippen LogP contribution is -2.37. The molecule has 2 amide bonds. The SMILES string of the molecule is CCCn1nc(C(=O)OCC(=O)N(C)CC(=O)Nc2ccc(F)cc2)ccc1=O. The third kappa shape index (κ3) is 6.52. The van der Waals surface area contributed by atoms with Crippen molar-refractivity contribution in [2.45, 2.75) is 19.9 Å². The van der Waals surface area contributed by atoms with Gasteiger partial charge in [-0.15, -0.1) is 0 Å². The van der Waals surface area contributed by atoms with Gasteiger partial charge in [-0.3, -0.25) is 14.4 Å². The zero-order valence-corrected chi connectivity index (χ0v) is 16.1. The molecule has 10 heteroatoms. The zero-order valence-electron chi connectivity index (χ0n) is 16.1. The zero-order chi connectivity index (χ0) is 21.4. The van der Waals surface area contributed by atoms with Crippen LogP contribution in [-0.4, -0.2) is 52.7 Å². The second-order valence-corrected chi connectivity index (χ2v) is 6.16. The summed E-state index contributed by atoms with van der Waals surface area (Å²) < 4.78 is 18.9. The lowest BCUT2D eigenvalue weighted by molar-refractivity contribution is -0.136. The van der Waals surface area contributed by atoms with Gasteiger partial charge in [-0.05, 0) is 36.8 Å². The quantitative estimate of drug-likeness (QED) is 0.659. The summed E-state index contributed by atoms with van der Waals surface area (Å²) in [5.74, 6) is -2.38. The van der Waals surface area contributed by atoms with Crippen molar-refractivity contribution in [3.05, 3.63) is 58.3 Å². The summed E-state index contributed by atoms with van der Waals surface area (Å²) in [5.41, 5.74) is -0.0501. The minimum atomic E-state index is -0.854. The molecule has 1 aromatic carbocycles. The summed E-state index contributed by atoms with van der Waals surface area (Å²) in [7, 11) is 1.38. The molecule has 0 atom stereocenters. The maximum absolute atomic E-state index is 12.9. The van der Waals surface area contributed by atoms with Gasteiger partial charge in [-0.1, -0.05) is 6.92 Å². The predicted octanol–water partition coefficient (Wildman–Crippen LogP) is 1.05. The largest absolute Gasteiger partial charge is 0.451 e. The first-order valence-corrected chi connectivity index (χ1v) is 8.85. The smallest absolute Gasteiger partial charge is 0.359 e. The molecule has 0 bridgehead atoms. The van der Waals surface area contributed by atoms with E-state index in [1.54, 1.807) is 0 Å². The number of amides is 2. The highest BCUT2D eigenvalue weighted by molar-refractivity contribution is 5.95. The molecular weight excluding hydrogens is 383 g/mol. The fourth-order valence-corrected chi connectivity index (χ4v) is 2.28. The van der Waals surface area contributed by atoms with Crippen LogP contribution >= 0.6 is 0 Å². The molecular formula is C19H21FN4O5. The first kappa shape index (κ1) is 21.7. The monoisotopic (exact) mass is 404 g/mol. The van der Waals surface area contributed by atoms with Gasteiger partial charge in [0.05, 0.1) is 6.54 Å². The molecule has 0 aliphatic heterocycles. The summed E-state index contributed by atoms with van der Waals surface area (Å²) in [6.07, 6.45) is 0.661. The number of carbonyl (C=O) groups is 3. The minimum Gasteiger partial charge on any atom is -0.451 e. The van der Waals surface area contributed by atoms with E-state index in [1.807, 2.05) is 6.92 Å². The van der Waals surface area contributed by atoms with E-state index >= 15 is 0 Å². The van der Waals surface area contributed by atoms with Crippen molar-refractivity contribution in [1.82, 2.24) is 14.7 Å². The van der Waals surface area contributed by atoms with E-state index in [4.69, 9.17) is 4.74 Å². The highest BCUT2D eigenvalue weighted by atomic mass is 19.1. The van der Waals surface area contributed by atoms with E-state index in [0.29, 0.717) is 18.7 Å². The number of hydrogen-bond acceptors (Lipinski definition) is 6. The fraction of sp³-hybridized carbons (Fsp3) is 0.316. The number of rotatable bonds is 8. The van der Waals surface area contributed by atoms with Crippen LogP contribution in [0.2, 0.25) is 0 Å². The van der Waals surface area contributed by atoms with Crippen molar-refractivity contribution < 1.29 is 23.5 Å². The van der Waals surface area contributed by atoms with Gasteiger partial charge in [0.15, 0.2) is 12.3 Å². The van der Waals surface area contributed by atoms with Gasteiger partial charge in [0, 0.05) is 25.3 Å². The van der Waals surface area contributed by atoms with Crippen LogP contribution in [0.3, 0.4) is 0 Å². The van der Waals surface area contributed by atoms with Crippen molar-refractivity contribution >= 4 is 23.5 Å². The minimum absolute atomic E-state index is 0.0949. The average Bonchev–Trinajstić information content (AvgIpc) is 2.69. The lowest BCUT2D eigenvalue weighted by Gasteiger charge is -2.16. The Morgan fingerprint density at radius 2 is 1.86 bits per heavy atom. The van der Waals surface area contributed by atoms with Crippen LogP contribution in [0, 0.1) is 5.82 Å². The van der Waals surface area contributed by atoms with Crippen LogP contribution in [0.1, 0.15) is 23.8 Å². The topological polar surface area (TPSA) is 111 Å². The summed E-state index contributed by atoms with van der Waals surface area (Å²) >= 11 is 0. The van der Waals surface area contributed by atoms with E-state index in [-0.39, 0.29) is 17.8 Å². The number of hydrogen-bond donors (Lipinski definition) is 1. The van der Waals surface area contributed by atoms with Crippen molar-refractivity contribution in [2.24, 2.45) is 0 Å². The summed E-state index contributed by atoms with van der Waals surface area (Å²) in [6, 6.07) is 7.60. The van der Waals surface area contributed by atoms with Crippen LogP contribution in [0.25, 0.3) is 0 Å². The maximum Gasteiger partial charge on any atom is 0.359 e. The van der Waals surface area contributed by atoms with Crippen LogP contribution < -0.4 is 10.9 Å². The Hall–Kier alpha value is -3.56. The predicted molar refractivity (Wildman–Crippen MR) is 102 cm³/mol. The molecule has 1 N–H and O–H groups in total. The molecule has 2 rings (SSSR count). The first-order chi connectivity index (χ1) is 13.8. The molecule has 0 unspecified atom stereocenters. The van der Waals surface area contributed by atoms with Gasteiger partial charge in [0.25, 0.3) is 11.5 Å². The Kier molecular flexibility index (Phi) is 7.58. The Morgan fingerprint density at radius 3 is 2.52 bits per heavy atom. The summed E-state index contributed by atoms with van der Waals surface area (Å²) in [5, 5.41) is 6.42. The standard InChI is InChI=1S/C19H21FN4O5/c1-3-10-24-17(26)9-8-15(22-24)19(28)29-12-18(27)23(2)11-16(25)21-14-6-4-13(20)5-7-14/h4-9H,3,10-12H2,1-2H3,(H,21,25). The van der Waals surface area contributed by atoms with Crippen molar-refractivity contribution in [3.8, 4) is 0 Å². The summed E-state index contributed by atoms with van der Waals surface area (Å²) in [4.78, 5) is 48.8. The van der Waals surface area contributed by atoms with Gasteiger partial charge in [-0.2, -0.15) is 5.10 Å². The second-order valence-electron chi connectivity index (χ2n) is 6.16. The number of aromatic nitrogens is 2. The van der Waals surface area contributed by atoms with Gasteiger partial charge in [-0.25, -0.2) is 13.9 Å². The molecule has 1 heterocycles. The van der Waals surface area contributed by atoms with Gasteiger partial charge in [0.1, 0.15) is 5.82 Å². The molecule has 0 saturated carbocycles. The Labute approximate surface area is 166 Å². The third-order valence-corrected chi connectivity index (χ3v) is 3.77. The third-order valence-electron chi connectivity index (χ3n) is 3.77. The fourth-order valence-electron chi connectivity index (χ4n) is 2.28. The Bertz CT molecular complexity index is 942. The molecule has 0 radical (unpaired) electrons. The van der Waals surface area contributed by atoms with Crippen molar-refractivity contribution in [2.75, 3.05) is 25.5 Å². The van der Waals surface area contributed by atoms with Crippen LogP contribution in [0.15, 0.2) is 41.2 Å². The first-order valence-electron chi connectivity index (χ1n) is 8.85. The maximum atomic E-state index is 12.9. The van der Waals surface area contributed by atoms with E-state index in [2.05, 4.69) is 10.4 Å². The number of likely N-dealkylation sites (N-methyl/N-ethyl adjacent to an activating group) is 1. The number of nitrogens with zero attached hydrogens (tertiary/aromatic N) is 3. The van der Waals surface area contributed by atoms with Gasteiger partial charge in [0.2, 0.25) is 5.91 Å². The molecule has 0 spiro atoms. The van der Waals surface area contributed by atoms with E-state index in [0.717, 1.165) is 9.58 Å². The molecule has 154 valence electrons. The van der Waals surface area contributed by atoms with Crippen LogP contribution in [0.5, 0.6) is 0 Å². The number of aryl methyl sites for hydroxylation is 1. The molecule has 9 nitrogen and oxygen atoms in total. The number of esters is 1. The highest BCUT2D eigenvalue weighted by Gasteiger charge is 2.17. The molecule has 1 aromatic heterocycles. The number of carbonyl (C=O) groups excluding carboxylic acids is 3. The molecule has 0 aliphatic carbocycles. The van der Waals surface area contributed by atoms with Crippen molar-refractivity contribution in [1.29, 1.82) is 0 Å². The van der Waals surface area contributed by atoms with Crippen LogP contribution in [-0.2, 0) is 20.9 Å². The molecule has 0 fully saturated rings. The normalized spacial score (nSPS) is 10.3.